The molecule has 0 radical (unpaired) electrons. The fourth-order valence-corrected chi connectivity index (χ4v) is 8.77. The van der Waals surface area contributed by atoms with Crippen LogP contribution in [0.1, 0.15) is 11.4 Å². The number of nitrogens with zero attached hydrogens (tertiary/aromatic N) is 7. The zero-order valence-corrected chi connectivity index (χ0v) is 38.2. The molecule has 1 aliphatic rings. The Labute approximate surface area is 399 Å². The molecule has 68 heavy (non-hydrogen) atoms. The molecule has 0 saturated heterocycles. The Hall–Kier alpha value is -8.55. The number of aromatic hydroxyl groups is 2. The molecule has 10 rings (SSSR count). The van der Waals surface area contributed by atoms with Crippen LogP contribution in [0.4, 0.5) is 0 Å². The predicted molar refractivity (Wildman–Crippen MR) is 285 cm³/mol. The third-order valence-corrected chi connectivity index (χ3v) is 13.0. The van der Waals surface area contributed by atoms with Crippen molar-refractivity contribution in [2.24, 2.45) is 0 Å². The molecule has 9 nitrogen and oxygen atoms in total. The van der Waals surface area contributed by atoms with Gasteiger partial charge in [-0.25, -0.2) is 29.9 Å². The molecule has 1 atom stereocenters. The molecule has 1 unspecified atom stereocenters. The van der Waals surface area contributed by atoms with E-state index in [9.17, 15) is 15.5 Å². The zero-order chi connectivity index (χ0) is 47.1. The lowest BCUT2D eigenvalue weighted by Gasteiger charge is -2.17. The highest BCUT2D eigenvalue weighted by atomic mass is 16.3. The van der Waals surface area contributed by atoms with Crippen LogP contribution < -0.4 is 10.9 Å². The first-order chi connectivity index (χ1) is 33.1. The highest BCUT2D eigenvalue weighted by molar-refractivity contribution is 6.50. The normalized spacial score (nSPS) is 13.3. The summed E-state index contributed by atoms with van der Waals surface area (Å²) in [6.07, 6.45) is 2.16. The lowest BCUT2D eigenvalue weighted by Crippen LogP contribution is -2.26. The molecule has 2 aromatic heterocycles. The van der Waals surface area contributed by atoms with Gasteiger partial charge in [0.15, 0.2) is 46.4 Å². The van der Waals surface area contributed by atoms with Crippen LogP contribution in [-0.2, 0) is 0 Å². The average molecular weight is 873 g/mol. The molecule has 0 spiro atoms. The SMILES string of the molecule is BC1=C(B)C(B)C=C1c1nc(-c2ccccc2-c2ccc(-c3nc(-c4ccccc4)nc(-c4ccccc4-c4ccccc4)n3)c(-c3ccc(C#N)cc3)c2)nc(-c2cc(B)c(B)c(O)c2O)n1. The Morgan fingerprint density at radius 1 is 0.426 bits per heavy atom. The Bertz CT molecular complexity index is 3560. The molecular weight excluding hydrogens is 833 g/mol. The lowest BCUT2D eigenvalue weighted by atomic mass is 9.70. The maximum atomic E-state index is 11.4. The molecule has 0 amide bonds. The summed E-state index contributed by atoms with van der Waals surface area (Å²) in [6.45, 7) is 0. The van der Waals surface area contributed by atoms with Gasteiger partial charge in [-0.05, 0) is 63.5 Å². The van der Waals surface area contributed by atoms with Gasteiger partial charge in [0.2, 0.25) is 0 Å². The Morgan fingerprint density at radius 3 is 1.44 bits per heavy atom. The second kappa shape index (κ2) is 18.0. The molecule has 2 heterocycles. The van der Waals surface area contributed by atoms with E-state index in [0.29, 0.717) is 45.7 Å². The maximum absolute atomic E-state index is 11.4. The van der Waals surface area contributed by atoms with Gasteiger partial charge in [-0.2, -0.15) is 5.26 Å². The van der Waals surface area contributed by atoms with Crippen molar-refractivity contribution in [3.8, 4) is 108 Å². The molecule has 318 valence electrons. The minimum absolute atomic E-state index is 0.196. The standard InChI is InChI=1S/C54H40B5N7O2/c55-42-26-40(44(57)45(42)58)53-64-51(65-54(66-53)41-27-43(56)46(59)48(68)47(41)67)37-18-10-8-16-35(37)33-23-24-38(39(25-33)31-21-19-29(28-60)20-22-31)52-62-49(32-13-5-2-6-14-32)61-50(63-52)36-17-9-7-15-34(36)30-11-3-1-4-12-30/h1-27,42,67-68H,55-59H2. The number of hydrogen-bond donors (Lipinski definition) is 2. The number of nitriles is 1. The molecule has 1 aliphatic carbocycles. The number of rotatable bonds is 9. The van der Waals surface area contributed by atoms with Crippen LogP contribution in [-0.4, -0.2) is 79.3 Å². The molecule has 0 aliphatic heterocycles. The first kappa shape index (κ1) is 43.4. The Balaban J connectivity index is 1.18. The summed E-state index contributed by atoms with van der Waals surface area (Å²) >= 11 is 0. The second-order valence-electron chi connectivity index (χ2n) is 17.1. The number of allylic oxidation sites excluding steroid dienone is 4. The highest BCUT2D eigenvalue weighted by Gasteiger charge is 2.25. The van der Waals surface area contributed by atoms with Gasteiger partial charge in [-0.3, -0.25) is 0 Å². The van der Waals surface area contributed by atoms with Crippen molar-refractivity contribution < 1.29 is 10.2 Å². The Morgan fingerprint density at radius 2 is 0.882 bits per heavy atom. The minimum atomic E-state index is -0.287. The van der Waals surface area contributed by atoms with Crippen molar-refractivity contribution in [1.29, 1.82) is 5.26 Å². The summed E-state index contributed by atoms with van der Waals surface area (Å²) in [6, 6.07) is 54.0. The third kappa shape index (κ3) is 8.09. The van der Waals surface area contributed by atoms with Crippen molar-refractivity contribution >= 4 is 55.7 Å². The smallest absolute Gasteiger partial charge is 0.168 e. The van der Waals surface area contributed by atoms with E-state index in [2.05, 4.69) is 66.0 Å². The number of aromatic nitrogens is 6. The predicted octanol–water partition coefficient (Wildman–Crippen LogP) is 5.49. The molecule has 0 bridgehead atoms. The van der Waals surface area contributed by atoms with E-state index in [1.54, 1.807) is 13.9 Å². The number of phenolic OH excluding ortho intramolecular Hbond substituents is 2. The van der Waals surface area contributed by atoms with Gasteiger partial charge in [0.25, 0.3) is 0 Å². The summed E-state index contributed by atoms with van der Waals surface area (Å²) in [7, 11) is 9.99. The van der Waals surface area contributed by atoms with Crippen molar-refractivity contribution in [2.75, 3.05) is 0 Å². The van der Waals surface area contributed by atoms with Crippen LogP contribution in [0.3, 0.4) is 0 Å². The highest BCUT2D eigenvalue weighted by Crippen LogP contribution is 2.42. The van der Waals surface area contributed by atoms with E-state index in [-0.39, 0.29) is 23.1 Å². The summed E-state index contributed by atoms with van der Waals surface area (Å²) in [4.78, 5) is 30.7. The second-order valence-corrected chi connectivity index (χ2v) is 17.1. The van der Waals surface area contributed by atoms with Crippen molar-refractivity contribution in [3.05, 3.63) is 186 Å². The number of benzene rings is 7. The molecule has 9 aromatic rings. The summed E-state index contributed by atoms with van der Waals surface area (Å²) in [5.41, 5.74) is 14.1. The molecule has 0 saturated carbocycles. The first-order valence-corrected chi connectivity index (χ1v) is 22.5. The molecule has 0 fully saturated rings. The van der Waals surface area contributed by atoms with E-state index < -0.39 is 0 Å². The number of hydrogen-bond acceptors (Lipinski definition) is 9. The topological polar surface area (TPSA) is 142 Å². The summed E-state index contributed by atoms with van der Waals surface area (Å²) in [5, 5.41) is 32.1. The molecule has 2 N–H and O–H groups in total. The van der Waals surface area contributed by atoms with Crippen LogP contribution in [0, 0.1) is 11.3 Å². The van der Waals surface area contributed by atoms with Crippen LogP contribution in [0.5, 0.6) is 11.5 Å². The van der Waals surface area contributed by atoms with Gasteiger partial charge in [0, 0.05) is 27.8 Å². The van der Waals surface area contributed by atoms with Gasteiger partial charge in [0.1, 0.15) is 39.2 Å². The van der Waals surface area contributed by atoms with Crippen molar-refractivity contribution in [3.63, 3.8) is 0 Å². The van der Waals surface area contributed by atoms with Crippen molar-refractivity contribution in [1.82, 2.24) is 29.9 Å². The van der Waals surface area contributed by atoms with Gasteiger partial charge in [-0.1, -0.05) is 156 Å². The largest absolute Gasteiger partial charge is 0.505 e. The quantitative estimate of drug-likeness (QED) is 0.142. The van der Waals surface area contributed by atoms with Gasteiger partial charge >= 0.3 is 0 Å². The molecule has 14 heteroatoms. The van der Waals surface area contributed by atoms with Gasteiger partial charge in [-0.15, -0.1) is 5.47 Å². The van der Waals surface area contributed by atoms with Crippen molar-refractivity contribution in [2.45, 2.75) is 5.82 Å². The number of phenols is 2. The van der Waals surface area contributed by atoms with Gasteiger partial charge in [0.05, 0.1) is 17.2 Å². The van der Waals surface area contributed by atoms with Crippen LogP contribution >= 0.6 is 0 Å². The van der Waals surface area contributed by atoms with Crippen LogP contribution in [0.25, 0.3) is 95.9 Å². The van der Waals surface area contributed by atoms with E-state index in [1.807, 2.05) is 129 Å². The maximum Gasteiger partial charge on any atom is 0.168 e. The average Bonchev–Trinajstić information content (AvgIpc) is 3.66. The van der Waals surface area contributed by atoms with Crippen LogP contribution in [0.15, 0.2) is 175 Å². The minimum Gasteiger partial charge on any atom is -0.505 e. The van der Waals surface area contributed by atoms with E-state index in [1.165, 1.54) is 5.47 Å². The van der Waals surface area contributed by atoms with Gasteiger partial charge < -0.3 is 10.2 Å². The summed E-state index contributed by atoms with van der Waals surface area (Å²) in [5.74, 6) is 2.37. The monoisotopic (exact) mass is 873 g/mol. The van der Waals surface area contributed by atoms with E-state index >= 15 is 0 Å². The lowest BCUT2D eigenvalue weighted by molar-refractivity contribution is 0.408. The van der Waals surface area contributed by atoms with Crippen LogP contribution in [0.2, 0.25) is 5.82 Å². The molecular formula is C54H40B5N7O2. The molecule has 7 aromatic carbocycles. The Kier molecular flexibility index (Phi) is 11.5. The third-order valence-electron chi connectivity index (χ3n) is 13.0. The first-order valence-electron chi connectivity index (χ1n) is 22.5. The van der Waals surface area contributed by atoms with E-state index in [4.69, 9.17) is 29.9 Å². The zero-order valence-electron chi connectivity index (χ0n) is 38.2. The summed E-state index contributed by atoms with van der Waals surface area (Å²) < 4.78 is 0. The fraction of sp³-hybridized carbons (Fsp3) is 0.0185. The fourth-order valence-electron chi connectivity index (χ4n) is 8.77. The van der Waals surface area contributed by atoms with E-state index in [0.717, 1.165) is 72.1 Å².